The summed E-state index contributed by atoms with van der Waals surface area (Å²) in [6.45, 7) is 6.79. The Morgan fingerprint density at radius 1 is 1.18 bits per heavy atom. The summed E-state index contributed by atoms with van der Waals surface area (Å²) in [6.07, 6.45) is 8.55. The number of carbonyl (C=O) groups is 2. The van der Waals surface area contributed by atoms with E-state index in [0.29, 0.717) is 19.6 Å². The lowest BCUT2D eigenvalue weighted by Crippen LogP contribution is -2.50. The van der Waals surface area contributed by atoms with Gasteiger partial charge in [0.05, 0.1) is 11.5 Å². The van der Waals surface area contributed by atoms with Gasteiger partial charge in [0.25, 0.3) is 5.91 Å². The minimum atomic E-state index is -0.799. The van der Waals surface area contributed by atoms with Gasteiger partial charge in [0.1, 0.15) is 11.0 Å². The Balaban J connectivity index is 1.68. The van der Waals surface area contributed by atoms with Gasteiger partial charge in [-0.1, -0.05) is 12.8 Å². The van der Waals surface area contributed by atoms with Crippen molar-refractivity contribution in [1.29, 1.82) is 0 Å². The second-order valence-electron chi connectivity index (χ2n) is 9.09. The van der Waals surface area contributed by atoms with Crippen molar-refractivity contribution in [3.63, 3.8) is 0 Å². The zero-order valence-electron chi connectivity index (χ0n) is 17.4. The van der Waals surface area contributed by atoms with Gasteiger partial charge in [-0.15, -0.1) is 11.3 Å². The molecule has 1 unspecified atom stereocenters. The van der Waals surface area contributed by atoms with E-state index in [2.05, 4.69) is 11.4 Å². The first-order valence-corrected chi connectivity index (χ1v) is 11.3. The van der Waals surface area contributed by atoms with Crippen LogP contribution in [0.1, 0.15) is 79.4 Å². The molecule has 0 radical (unpaired) electrons. The second kappa shape index (κ2) is 8.95. The Hall–Kier alpha value is -1.40. The highest BCUT2D eigenvalue weighted by atomic mass is 32.1. The molecule has 0 saturated carbocycles. The summed E-state index contributed by atoms with van der Waals surface area (Å²) >= 11 is 1.61. The first kappa shape index (κ1) is 21.3. The van der Waals surface area contributed by atoms with E-state index in [0.717, 1.165) is 24.1 Å². The van der Waals surface area contributed by atoms with Crippen molar-refractivity contribution < 1.29 is 19.1 Å². The zero-order valence-corrected chi connectivity index (χ0v) is 18.2. The standard InChI is InChI=1S/C22H33NO4S/c1-21(2,3)27-20(25)22(11-8-12-26-15-22)14-23-19(24)18-13-16-9-6-4-5-7-10-17(16)28-18/h13H,4-12,14-15H2,1-3H3,(H,23,24). The Kier molecular flexibility index (Phi) is 6.81. The van der Waals surface area contributed by atoms with Crippen LogP contribution in [0.15, 0.2) is 6.07 Å². The summed E-state index contributed by atoms with van der Waals surface area (Å²) in [4.78, 5) is 27.8. The van der Waals surface area contributed by atoms with Gasteiger partial charge in [-0.2, -0.15) is 0 Å². The number of aryl methyl sites for hydroxylation is 2. The third-order valence-corrected chi connectivity index (χ3v) is 6.70. The summed E-state index contributed by atoms with van der Waals surface area (Å²) in [6, 6.07) is 2.05. The molecule has 2 aliphatic rings. The molecule has 1 aliphatic carbocycles. The lowest BCUT2D eigenvalue weighted by molar-refractivity contribution is -0.175. The van der Waals surface area contributed by atoms with Gasteiger partial charge in [0.2, 0.25) is 0 Å². The highest BCUT2D eigenvalue weighted by molar-refractivity contribution is 7.14. The van der Waals surface area contributed by atoms with E-state index in [1.807, 2.05) is 20.8 Å². The van der Waals surface area contributed by atoms with E-state index in [1.165, 1.54) is 36.1 Å². The predicted octanol–water partition coefficient (Wildman–Crippen LogP) is 4.28. The number of carbonyl (C=O) groups excluding carboxylic acids is 2. The second-order valence-corrected chi connectivity index (χ2v) is 10.2. The molecule has 1 aromatic rings. The molecule has 1 saturated heterocycles. The van der Waals surface area contributed by atoms with Crippen molar-refractivity contribution in [2.24, 2.45) is 5.41 Å². The van der Waals surface area contributed by atoms with Crippen LogP contribution in [0.3, 0.4) is 0 Å². The minimum Gasteiger partial charge on any atom is -0.459 e. The largest absolute Gasteiger partial charge is 0.459 e. The quantitative estimate of drug-likeness (QED) is 0.757. The van der Waals surface area contributed by atoms with Crippen LogP contribution in [0, 0.1) is 5.41 Å². The van der Waals surface area contributed by atoms with E-state index in [9.17, 15) is 9.59 Å². The molecule has 1 aromatic heterocycles. The van der Waals surface area contributed by atoms with Gasteiger partial charge in [-0.3, -0.25) is 9.59 Å². The van der Waals surface area contributed by atoms with Gasteiger partial charge in [0.15, 0.2) is 0 Å². The molecule has 0 spiro atoms. The number of hydrogen-bond donors (Lipinski definition) is 1. The maximum atomic E-state index is 12.9. The van der Waals surface area contributed by atoms with Gasteiger partial charge in [-0.25, -0.2) is 0 Å². The molecular formula is C22H33NO4S. The molecule has 6 heteroatoms. The SMILES string of the molecule is CC(C)(C)OC(=O)C1(CNC(=O)c2cc3c(s2)CCCCCC3)CCCOC1. The molecule has 28 heavy (non-hydrogen) atoms. The van der Waals surface area contributed by atoms with Crippen LogP contribution in [0.25, 0.3) is 0 Å². The summed E-state index contributed by atoms with van der Waals surface area (Å²) < 4.78 is 11.2. The first-order chi connectivity index (χ1) is 13.3. The number of rotatable bonds is 4. The third-order valence-electron chi connectivity index (χ3n) is 5.46. The normalized spacial score (nSPS) is 23.2. The first-order valence-electron chi connectivity index (χ1n) is 10.5. The van der Waals surface area contributed by atoms with Gasteiger partial charge in [-0.05, 0) is 70.9 Å². The molecule has 5 nitrogen and oxygen atoms in total. The van der Waals surface area contributed by atoms with Gasteiger partial charge >= 0.3 is 5.97 Å². The number of fused-ring (bicyclic) bond motifs is 1. The topological polar surface area (TPSA) is 64.6 Å². The Morgan fingerprint density at radius 3 is 2.61 bits per heavy atom. The molecule has 1 N–H and O–H groups in total. The van der Waals surface area contributed by atoms with Crippen LogP contribution < -0.4 is 5.32 Å². The molecule has 1 aliphatic heterocycles. The maximum Gasteiger partial charge on any atom is 0.316 e. The molecule has 0 aromatic carbocycles. The summed E-state index contributed by atoms with van der Waals surface area (Å²) in [5.74, 6) is -0.372. The fraction of sp³-hybridized carbons (Fsp3) is 0.727. The van der Waals surface area contributed by atoms with Crippen molar-refractivity contribution in [3.05, 3.63) is 21.4 Å². The average molecular weight is 408 g/mol. The average Bonchev–Trinajstić information content (AvgIpc) is 3.01. The fourth-order valence-electron chi connectivity index (χ4n) is 3.90. The van der Waals surface area contributed by atoms with Crippen LogP contribution in [0.5, 0.6) is 0 Å². The van der Waals surface area contributed by atoms with Crippen molar-refractivity contribution in [2.75, 3.05) is 19.8 Å². The molecule has 3 rings (SSSR count). The number of esters is 1. The monoisotopic (exact) mass is 407 g/mol. The van der Waals surface area contributed by atoms with Crippen molar-refractivity contribution in [1.82, 2.24) is 5.32 Å². The predicted molar refractivity (Wildman–Crippen MR) is 111 cm³/mol. The van der Waals surface area contributed by atoms with Crippen LogP contribution in [-0.4, -0.2) is 37.2 Å². The minimum absolute atomic E-state index is 0.0924. The molecule has 0 bridgehead atoms. The zero-order chi connectivity index (χ0) is 20.2. The number of amides is 1. The van der Waals surface area contributed by atoms with Crippen molar-refractivity contribution >= 4 is 23.2 Å². The van der Waals surface area contributed by atoms with Crippen LogP contribution in [0.2, 0.25) is 0 Å². The number of ether oxygens (including phenoxy) is 2. The molecule has 1 atom stereocenters. The van der Waals surface area contributed by atoms with Crippen LogP contribution in [0.4, 0.5) is 0 Å². The van der Waals surface area contributed by atoms with E-state index < -0.39 is 11.0 Å². The molecule has 1 fully saturated rings. The molecule has 2 heterocycles. The van der Waals surface area contributed by atoms with Gasteiger partial charge < -0.3 is 14.8 Å². The highest BCUT2D eigenvalue weighted by Crippen LogP contribution is 2.32. The highest BCUT2D eigenvalue weighted by Gasteiger charge is 2.44. The Labute approximate surface area is 172 Å². The number of thiophene rings is 1. The number of nitrogens with one attached hydrogen (secondary N) is 1. The van der Waals surface area contributed by atoms with E-state index >= 15 is 0 Å². The van der Waals surface area contributed by atoms with Crippen LogP contribution >= 0.6 is 11.3 Å². The molecule has 1 amide bonds. The molecule has 156 valence electrons. The van der Waals surface area contributed by atoms with Gasteiger partial charge in [0, 0.05) is 18.0 Å². The fourth-order valence-corrected chi connectivity index (χ4v) is 5.07. The number of hydrogen-bond acceptors (Lipinski definition) is 5. The summed E-state index contributed by atoms with van der Waals surface area (Å²) in [5.41, 5.74) is -0.0275. The Morgan fingerprint density at radius 2 is 1.93 bits per heavy atom. The van der Waals surface area contributed by atoms with E-state index in [1.54, 1.807) is 11.3 Å². The lowest BCUT2D eigenvalue weighted by atomic mass is 9.82. The van der Waals surface area contributed by atoms with E-state index in [-0.39, 0.29) is 18.4 Å². The van der Waals surface area contributed by atoms with Crippen LogP contribution in [-0.2, 0) is 27.1 Å². The summed E-state index contributed by atoms with van der Waals surface area (Å²) in [7, 11) is 0. The Bertz CT molecular complexity index is 672. The maximum absolute atomic E-state index is 12.9. The van der Waals surface area contributed by atoms with Crippen molar-refractivity contribution in [2.45, 2.75) is 77.7 Å². The van der Waals surface area contributed by atoms with E-state index in [4.69, 9.17) is 9.47 Å². The lowest BCUT2D eigenvalue weighted by Gasteiger charge is -2.36. The molecular weight excluding hydrogens is 374 g/mol. The summed E-state index contributed by atoms with van der Waals surface area (Å²) in [5, 5.41) is 3.01. The van der Waals surface area contributed by atoms with Crippen molar-refractivity contribution in [3.8, 4) is 0 Å². The third kappa shape index (κ3) is 5.35. The smallest absolute Gasteiger partial charge is 0.316 e.